The standard InChI is InChI=1S/C21H26N4O3/c1-6-10-25-15(4)11-18(23-25)22-21(26)19-17(16(5)28-24-19)12-27-20-13(2)8-7-9-14(20)3/h7-9,11H,6,10,12H2,1-5H3,(H,22,23,26). The van der Waals surface area contributed by atoms with Gasteiger partial charge >= 0.3 is 0 Å². The fraction of sp³-hybridized carbons (Fsp3) is 0.381. The largest absolute Gasteiger partial charge is 0.488 e. The van der Waals surface area contributed by atoms with Crippen molar-refractivity contribution in [3.8, 4) is 5.75 Å². The maximum Gasteiger partial charge on any atom is 0.279 e. The normalized spacial score (nSPS) is 10.9. The molecule has 0 aliphatic heterocycles. The Hall–Kier alpha value is -3.09. The van der Waals surface area contributed by atoms with Crippen LogP contribution in [0.1, 0.15) is 52.0 Å². The minimum absolute atomic E-state index is 0.201. The lowest BCUT2D eigenvalue weighted by Gasteiger charge is -2.12. The molecule has 0 aliphatic carbocycles. The Labute approximate surface area is 164 Å². The first kappa shape index (κ1) is 19.7. The van der Waals surface area contributed by atoms with Crippen molar-refractivity contribution in [2.24, 2.45) is 0 Å². The molecule has 2 heterocycles. The monoisotopic (exact) mass is 382 g/mol. The van der Waals surface area contributed by atoms with Gasteiger partial charge in [0.05, 0.1) is 5.56 Å². The molecule has 1 amide bonds. The molecule has 148 valence electrons. The number of aryl methyl sites for hydroxylation is 5. The minimum atomic E-state index is -0.363. The van der Waals surface area contributed by atoms with Crippen LogP contribution in [0.25, 0.3) is 0 Å². The summed E-state index contributed by atoms with van der Waals surface area (Å²) in [4.78, 5) is 12.7. The molecule has 0 unspecified atom stereocenters. The first-order chi connectivity index (χ1) is 13.4. The number of hydrogen-bond donors (Lipinski definition) is 1. The summed E-state index contributed by atoms with van der Waals surface area (Å²) in [6.45, 7) is 10.8. The van der Waals surface area contributed by atoms with Crippen LogP contribution < -0.4 is 10.1 Å². The lowest BCUT2D eigenvalue weighted by atomic mass is 10.1. The van der Waals surface area contributed by atoms with E-state index >= 15 is 0 Å². The van der Waals surface area contributed by atoms with Gasteiger partial charge in [0.1, 0.15) is 18.1 Å². The molecule has 0 fully saturated rings. The summed E-state index contributed by atoms with van der Waals surface area (Å²) in [5.41, 5.74) is 3.91. The van der Waals surface area contributed by atoms with Gasteiger partial charge in [-0.1, -0.05) is 30.3 Å². The third-order valence-corrected chi connectivity index (χ3v) is 4.63. The summed E-state index contributed by atoms with van der Waals surface area (Å²) in [6, 6.07) is 7.81. The van der Waals surface area contributed by atoms with Crippen molar-refractivity contribution in [1.29, 1.82) is 0 Å². The highest BCUT2D eigenvalue weighted by atomic mass is 16.5. The van der Waals surface area contributed by atoms with Crippen LogP contribution in [-0.2, 0) is 13.2 Å². The molecule has 0 saturated carbocycles. The van der Waals surface area contributed by atoms with Crippen LogP contribution in [0.15, 0.2) is 28.8 Å². The first-order valence-electron chi connectivity index (χ1n) is 9.40. The van der Waals surface area contributed by atoms with Crippen molar-refractivity contribution in [2.75, 3.05) is 5.32 Å². The van der Waals surface area contributed by atoms with Gasteiger partial charge in [-0.05, 0) is 45.2 Å². The van der Waals surface area contributed by atoms with E-state index in [1.807, 2.05) is 49.7 Å². The number of anilines is 1. The van der Waals surface area contributed by atoms with E-state index in [1.165, 1.54) is 0 Å². The molecule has 0 aliphatic rings. The molecule has 0 spiro atoms. The maximum absolute atomic E-state index is 12.7. The Kier molecular flexibility index (Phi) is 5.82. The number of carbonyl (C=O) groups is 1. The van der Waals surface area contributed by atoms with Crippen molar-refractivity contribution >= 4 is 11.7 Å². The van der Waals surface area contributed by atoms with Crippen LogP contribution >= 0.6 is 0 Å². The summed E-state index contributed by atoms with van der Waals surface area (Å²) in [6.07, 6.45) is 0.970. The second kappa shape index (κ2) is 8.29. The molecule has 1 aromatic carbocycles. The molecule has 28 heavy (non-hydrogen) atoms. The molecule has 0 radical (unpaired) electrons. The molecular weight excluding hydrogens is 356 g/mol. The summed E-state index contributed by atoms with van der Waals surface area (Å²) < 4.78 is 13.1. The second-order valence-corrected chi connectivity index (χ2v) is 6.92. The molecule has 7 heteroatoms. The van der Waals surface area contributed by atoms with Crippen molar-refractivity contribution in [3.63, 3.8) is 0 Å². The predicted molar refractivity (Wildman–Crippen MR) is 107 cm³/mol. The molecule has 0 atom stereocenters. The van der Waals surface area contributed by atoms with E-state index in [9.17, 15) is 4.79 Å². The Morgan fingerprint density at radius 2 is 1.93 bits per heavy atom. The van der Waals surface area contributed by atoms with Crippen molar-refractivity contribution in [1.82, 2.24) is 14.9 Å². The molecular formula is C21H26N4O3. The molecule has 3 aromatic rings. The minimum Gasteiger partial charge on any atom is -0.488 e. The smallest absolute Gasteiger partial charge is 0.279 e. The van der Waals surface area contributed by atoms with Gasteiger partial charge in [0.25, 0.3) is 5.91 Å². The van der Waals surface area contributed by atoms with E-state index in [2.05, 4.69) is 22.5 Å². The molecule has 2 aromatic heterocycles. The number of amides is 1. The zero-order valence-electron chi connectivity index (χ0n) is 17.0. The number of nitrogens with zero attached hydrogens (tertiary/aromatic N) is 3. The quantitative estimate of drug-likeness (QED) is 0.657. The van der Waals surface area contributed by atoms with Gasteiger partial charge in [0.15, 0.2) is 11.5 Å². The van der Waals surface area contributed by atoms with Gasteiger partial charge in [-0.25, -0.2) is 0 Å². The number of ether oxygens (including phenoxy) is 1. The third kappa shape index (κ3) is 4.08. The SMILES string of the molecule is CCCn1nc(NC(=O)c2noc(C)c2COc2c(C)cccc2C)cc1C. The average Bonchev–Trinajstić information content (AvgIpc) is 3.17. The number of carbonyl (C=O) groups excluding carboxylic acids is 1. The highest BCUT2D eigenvalue weighted by Crippen LogP contribution is 2.25. The highest BCUT2D eigenvalue weighted by molar-refractivity contribution is 6.03. The van der Waals surface area contributed by atoms with E-state index < -0.39 is 0 Å². The number of rotatable bonds is 7. The number of aromatic nitrogens is 3. The molecule has 3 rings (SSSR count). The van der Waals surface area contributed by atoms with Gasteiger partial charge in [-0.15, -0.1) is 0 Å². The van der Waals surface area contributed by atoms with E-state index in [0.717, 1.165) is 35.5 Å². The molecule has 1 N–H and O–H groups in total. The lowest BCUT2D eigenvalue weighted by Crippen LogP contribution is -2.16. The van der Waals surface area contributed by atoms with Crippen LogP contribution in [0.2, 0.25) is 0 Å². The number of nitrogens with one attached hydrogen (secondary N) is 1. The van der Waals surface area contributed by atoms with Crippen LogP contribution in [0.4, 0.5) is 5.82 Å². The Bertz CT molecular complexity index is 967. The van der Waals surface area contributed by atoms with Gasteiger partial charge in [0.2, 0.25) is 0 Å². The van der Waals surface area contributed by atoms with E-state index in [4.69, 9.17) is 9.26 Å². The third-order valence-electron chi connectivity index (χ3n) is 4.63. The summed E-state index contributed by atoms with van der Waals surface area (Å²) in [5, 5.41) is 11.1. The zero-order chi connectivity index (χ0) is 20.3. The molecule has 7 nitrogen and oxygen atoms in total. The van der Waals surface area contributed by atoms with E-state index in [-0.39, 0.29) is 18.2 Å². The number of hydrogen-bond acceptors (Lipinski definition) is 5. The van der Waals surface area contributed by atoms with E-state index in [1.54, 1.807) is 6.92 Å². The van der Waals surface area contributed by atoms with Gasteiger partial charge < -0.3 is 14.6 Å². The molecule has 0 saturated heterocycles. The summed E-state index contributed by atoms with van der Waals surface area (Å²) in [7, 11) is 0. The van der Waals surface area contributed by atoms with Gasteiger partial charge in [-0.2, -0.15) is 5.10 Å². The van der Waals surface area contributed by atoms with Gasteiger partial charge in [-0.3, -0.25) is 9.48 Å². The van der Waals surface area contributed by atoms with Crippen molar-refractivity contribution < 1.29 is 14.1 Å². The maximum atomic E-state index is 12.7. The predicted octanol–water partition coefficient (Wildman–Crippen LogP) is 4.35. The Balaban J connectivity index is 1.76. The summed E-state index contributed by atoms with van der Waals surface area (Å²) >= 11 is 0. The second-order valence-electron chi connectivity index (χ2n) is 6.92. The lowest BCUT2D eigenvalue weighted by molar-refractivity contribution is 0.101. The fourth-order valence-corrected chi connectivity index (χ4v) is 3.10. The van der Waals surface area contributed by atoms with E-state index in [0.29, 0.717) is 17.1 Å². The Morgan fingerprint density at radius 1 is 1.21 bits per heavy atom. The van der Waals surface area contributed by atoms with Crippen molar-refractivity contribution in [2.45, 2.75) is 54.2 Å². The van der Waals surface area contributed by atoms with Gasteiger partial charge in [0, 0.05) is 18.3 Å². The van der Waals surface area contributed by atoms with Crippen LogP contribution in [0.3, 0.4) is 0 Å². The zero-order valence-corrected chi connectivity index (χ0v) is 17.0. The average molecular weight is 382 g/mol. The van der Waals surface area contributed by atoms with Crippen LogP contribution in [0.5, 0.6) is 5.75 Å². The topological polar surface area (TPSA) is 82.2 Å². The first-order valence-corrected chi connectivity index (χ1v) is 9.40. The number of benzene rings is 1. The fourth-order valence-electron chi connectivity index (χ4n) is 3.10. The summed E-state index contributed by atoms with van der Waals surface area (Å²) in [5.74, 6) is 1.50. The highest BCUT2D eigenvalue weighted by Gasteiger charge is 2.22. The molecule has 0 bridgehead atoms. The van der Waals surface area contributed by atoms with Crippen molar-refractivity contribution in [3.05, 3.63) is 58.1 Å². The van der Waals surface area contributed by atoms with Crippen LogP contribution in [-0.4, -0.2) is 20.8 Å². The Morgan fingerprint density at radius 3 is 2.61 bits per heavy atom. The van der Waals surface area contributed by atoms with Crippen LogP contribution in [0, 0.1) is 27.7 Å². The number of para-hydroxylation sites is 1.